The molecule has 16 heavy (non-hydrogen) atoms. The van der Waals surface area contributed by atoms with Gasteiger partial charge in [0.15, 0.2) is 0 Å². The van der Waals surface area contributed by atoms with Crippen molar-refractivity contribution in [2.24, 2.45) is 5.92 Å². The van der Waals surface area contributed by atoms with E-state index in [1.54, 1.807) is 0 Å². The molecule has 0 heterocycles. The summed E-state index contributed by atoms with van der Waals surface area (Å²) >= 11 is 0. The standard InChI is InChI=1S/C14H23Si.Li/c1-6-10-14(11-7-2)12-8-9-13-15(3,4)5;/h6,8,12,14H,1-2,7,10-11H2,3-5H3;/q-1;+1/b12-8-;. The largest absolute Gasteiger partial charge is 1.00 e. The summed E-state index contributed by atoms with van der Waals surface area (Å²) in [6, 6.07) is 0. The van der Waals surface area contributed by atoms with E-state index in [4.69, 9.17) is 0 Å². The van der Waals surface area contributed by atoms with Gasteiger partial charge in [-0.25, -0.2) is 0 Å². The first-order chi connectivity index (χ1) is 6.99. The maximum atomic E-state index is 3.88. The topological polar surface area (TPSA) is 0 Å². The summed E-state index contributed by atoms with van der Waals surface area (Å²) in [7, 11) is -1.21. The molecule has 0 saturated carbocycles. The predicted octanol–water partition coefficient (Wildman–Crippen LogP) is 1.23. The molecule has 0 aromatic carbocycles. The van der Waals surface area contributed by atoms with Crippen LogP contribution in [0, 0.1) is 24.3 Å². The fourth-order valence-corrected chi connectivity index (χ4v) is 1.73. The summed E-state index contributed by atoms with van der Waals surface area (Å²) < 4.78 is 0. The van der Waals surface area contributed by atoms with Crippen LogP contribution in [0.1, 0.15) is 19.3 Å². The third-order valence-electron chi connectivity index (χ3n) is 1.94. The van der Waals surface area contributed by atoms with E-state index in [0.717, 1.165) is 19.3 Å². The molecule has 0 aromatic rings. The molecule has 0 amide bonds. The van der Waals surface area contributed by atoms with Crippen LogP contribution in [0.3, 0.4) is 0 Å². The Balaban J connectivity index is 0. The summed E-state index contributed by atoms with van der Waals surface area (Å²) in [6.45, 7) is 14.4. The van der Waals surface area contributed by atoms with E-state index in [9.17, 15) is 0 Å². The van der Waals surface area contributed by atoms with E-state index in [1.807, 2.05) is 12.2 Å². The molecule has 0 aliphatic heterocycles. The predicted molar refractivity (Wildman–Crippen MR) is 73.2 cm³/mol. The van der Waals surface area contributed by atoms with Crippen LogP contribution in [-0.4, -0.2) is 8.07 Å². The van der Waals surface area contributed by atoms with Gasteiger partial charge in [-0.3, -0.25) is 0 Å². The number of allylic oxidation sites excluding steroid dienone is 3. The van der Waals surface area contributed by atoms with Crippen LogP contribution < -0.4 is 18.9 Å². The van der Waals surface area contributed by atoms with Gasteiger partial charge in [-0.15, -0.1) is 12.1 Å². The van der Waals surface area contributed by atoms with Crippen molar-refractivity contribution in [3.8, 4) is 11.5 Å². The van der Waals surface area contributed by atoms with Crippen molar-refractivity contribution < 1.29 is 18.9 Å². The quantitative estimate of drug-likeness (QED) is 0.286. The van der Waals surface area contributed by atoms with Crippen LogP contribution >= 0.6 is 0 Å². The van der Waals surface area contributed by atoms with Gasteiger partial charge in [-0.2, -0.15) is 6.42 Å². The molecule has 1 atom stereocenters. The molecule has 0 aliphatic rings. The maximum absolute atomic E-state index is 3.88. The van der Waals surface area contributed by atoms with Crippen LogP contribution in [0.4, 0.5) is 0 Å². The van der Waals surface area contributed by atoms with Crippen LogP contribution in [0.5, 0.6) is 0 Å². The maximum Gasteiger partial charge on any atom is 1.00 e. The van der Waals surface area contributed by atoms with Crippen molar-refractivity contribution in [1.29, 1.82) is 0 Å². The van der Waals surface area contributed by atoms with Crippen molar-refractivity contribution in [2.75, 3.05) is 0 Å². The molecule has 0 spiro atoms. The average Bonchev–Trinajstić information content (AvgIpc) is 2.11. The second-order valence-corrected chi connectivity index (χ2v) is 9.56. The Morgan fingerprint density at radius 1 is 1.38 bits per heavy atom. The molecule has 0 nitrogen and oxygen atoms in total. The average molecular weight is 226 g/mol. The van der Waals surface area contributed by atoms with E-state index in [0.29, 0.717) is 5.92 Å². The molecule has 0 bridgehead atoms. The van der Waals surface area contributed by atoms with Crippen LogP contribution in [0.25, 0.3) is 0 Å². The van der Waals surface area contributed by atoms with E-state index >= 15 is 0 Å². The number of hydrogen-bond donors (Lipinski definition) is 0. The Hall–Kier alpha value is -0.146. The molecule has 0 rings (SSSR count). The molecule has 0 saturated heterocycles. The van der Waals surface area contributed by atoms with Gasteiger partial charge in [0.2, 0.25) is 0 Å². The zero-order valence-electron chi connectivity index (χ0n) is 11.3. The molecule has 0 aromatic heterocycles. The molecule has 0 N–H and O–H groups in total. The third kappa shape index (κ3) is 11.9. The van der Waals surface area contributed by atoms with Crippen molar-refractivity contribution in [3.05, 3.63) is 31.7 Å². The molecule has 84 valence electrons. The Bertz CT molecular complexity index is 263. The summed E-state index contributed by atoms with van der Waals surface area (Å²) in [5.74, 6) is 3.71. The van der Waals surface area contributed by atoms with Crippen LogP contribution in [0.15, 0.2) is 24.8 Å². The minimum Gasteiger partial charge on any atom is -0.343 e. The first-order valence-electron chi connectivity index (χ1n) is 5.59. The summed E-state index contributed by atoms with van der Waals surface area (Å²) in [5.41, 5.74) is 3.32. The second-order valence-electron chi connectivity index (χ2n) is 4.81. The third-order valence-corrected chi connectivity index (χ3v) is 2.84. The second kappa shape index (κ2) is 10.0. The fourth-order valence-electron chi connectivity index (χ4n) is 1.21. The summed E-state index contributed by atoms with van der Waals surface area (Å²) in [5, 5.41) is 0. The molecule has 0 radical (unpaired) electrons. The zero-order valence-corrected chi connectivity index (χ0v) is 12.3. The molecular weight excluding hydrogens is 203 g/mol. The van der Waals surface area contributed by atoms with Crippen molar-refractivity contribution in [3.63, 3.8) is 0 Å². The Morgan fingerprint density at radius 3 is 2.44 bits per heavy atom. The molecule has 0 aliphatic carbocycles. The van der Waals surface area contributed by atoms with Gasteiger partial charge in [0.25, 0.3) is 0 Å². The molecular formula is C14H23LiSi. The van der Waals surface area contributed by atoms with Crippen molar-refractivity contribution >= 4 is 8.07 Å². The molecule has 2 heteroatoms. The summed E-state index contributed by atoms with van der Waals surface area (Å²) in [4.78, 5) is 0. The van der Waals surface area contributed by atoms with Gasteiger partial charge < -0.3 is 6.92 Å². The van der Waals surface area contributed by atoms with Crippen LogP contribution in [0.2, 0.25) is 19.6 Å². The van der Waals surface area contributed by atoms with E-state index in [2.05, 4.69) is 50.7 Å². The van der Waals surface area contributed by atoms with Crippen LogP contribution in [-0.2, 0) is 0 Å². The van der Waals surface area contributed by atoms with Gasteiger partial charge in [0.05, 0.1) is 0 Å². The minimum atomic E-state index is -1.21. The minimum absolute atomic E-state index is 0. The smallest absolute Gasteiger partial charge is 0.343 e. The Kier molecular flexibility index (Phi) is 11.4. The van der Waals surface area contributed by atoms with Gasteiger partial charge in [-0.05, 0) is 18.4 Å². The molecule has 0 fully saturated rings. The van der Waals surface area contributed by atoms with Gasteiger partial charge in [0, 0.05) is 0 Å². The van der Waals surface area contributed by atoms with Gasteiger partial charge >= 0.3 is 18.9 Å². The van der Waals surface area contributed by atoms with Crippen molar-refractivity contribution in [2.45, 2.75) is 38.9 Å². The zero-order chi connectivity index (χ0) is 11.7. The Labute approximate surface area is 115 Å². The van der Waals surface area contributed by atoms with E-state index in [-0.39, 0.29) is 18.9 Å². The Morgan fingerprint density at radius 2 is 2.00 bits per heavy atom. The number of rotatable bonds is 5. The first kappa shape index (κ1) is 18.2. The summed E-state index contributed by atoms with van der Waals surface area (Å²) in [6.07, 6.45) is 9.29. The van der Waals surface area contributed by atoms with Gasteiger partial charge in [0.1, 0.15) is 8.07 Å². The van der Waals surface area contributed by atoms with E-state index < -0.39 is 8.07 Å². The normalized spacial score (nSPS) is 12.5. The SMILES string of the molecule is C=CCC(/C=C\C#C[Si](C)(C)C)CC[CH2-].[Li+]. The number of hydrogen-bond acceptors (Lipinski definition) is 0. The first-order valence-corrected chi connectivity index (χ1v) is 9.09. The fraction of sp³-hybridized carbons (Fsp3) is 0.500. The van der Waals surface area contributed by atoms with Gasteiger partial charge in [-0.1, -0.05) is 44.1 Å². The monoisotopic (exact) mass is 226 g/mol. The molecule has 1 unspecified atom stereocenters. The van der Waals surface area contributed by atoms with E-state index in [1.165, 1.54) is 0 Å². The van der Waals surface area contributed by atoms with Crippen molar-refractivity contribution in [1.82, 2.24) is 0 Å².